The first kappa shape index (κ1) is 11.6. The van der Waals surface area contributed by atoms with Crippen LogP contribution >= 0.6 is 0 Å². The zero-order valence-electron chi connectivity index (χ0n) is 8.35. The van der Waals surface area contributed by atoms with Crippen LogP contribution in [0.3, 0.4) is 0 Å². The molecule has 0 aliphatic heterocycles. The van der Waals surface area contributed by atoms with Crippen LogP contribution in [-0.2, 0) is 14.3 Å². The van der Waals surface area contributed by atoms with E-state index in [4.69, 9.17) is 9.47 Å². The largest absolute Gasteiger partial charge is 0.378 e. The number of methoxy groups -OCH3 is 1. The second kappa shape index (κ2) is 5.27. The molecule has 3 heteroatoms. The SMILES string of the molecule is CCOCC(=O)CC(C)(C)OC. The molecule has 0 radical (unpaired) electrons. The van der Waals surface area contributed by atoms with Gasteiger partial charge in [0.15, 0.2) is 5.78 Å². The molecule has 0 saturated heterocycles. The molecule has 0 aromatic rings. The summed E-state index contributed by atoms with van der Waals surface area (Å²) in [5, 5.41) is 0. The van der Waals surface area contributed by atoms with Gasteiger partial charge in [-0.2, -0.15) is 0 Å². The number of Topliss-reactive ketones (excluding diaryl/α,β-unsaturated/α-hetero) is 1. The van der Waals surface area contributed by atoms with Crippen molar-refractivity contribution in [3.8, 4) is 0 Å². The highest BCUT2D eigenvalue weighted by Gasteiger charge is 2.20. The van der Waals surface area contributed by atoms with Crippen molar-refractivity contribution < 1.29 is 14.3 Å². The van der Waals surface area contributed by atoms with E-state index in [1.165, 1.54) is 0 Å². The van der Waals surface area contributed by atoms with Gasteiger partial charge in [-0.25, -0.2) is 0 Å². The van der Waals surface area contributed by atoms with Gasteiger partial charge in [-0.15, -0.1) is 0 Å². The lowest BCUT2D eigenvalue weighted by molar-refractivity contribution is -0.128. The fraction of sp³-hybridized carbons (Fsp3) is 0.889. The highest BCUT2D eigenvalue weighted by Crippen LogP contribution is 2.12. The predicted molar refractivity (Wildman–Crippen MR) is 47.2 cm³/mol. The molecule has 72 valence electrons. The van der Waals surface area contributed by atoms with Crippen molar-refractivity contribution in [2.45, 2.75) is 32.8 Å². The lowest BCUT2D eigenvalue weighted by atomic mass is 10.0. The maximum absolute atomic E-state index is 11.2. The maximum Gasteiger partial charge on any atom is 0.161 e. The van der Waals surface area contributed by atoms with E-state index < -0.39 is 0 Å². The van der Waals surface area contributed by atoms with Crippen molar-refractivity contribution in [3.05, 3.63) is 0 Å². The number of rotatable bonds is 6. The number of carbonyl (C=O) groups is 1. The van der Waals surface area contributed by atoms with Crippen LogP contribution < -0.4 is 0 Å². The standard InChI is InChI=1S/C9H18O3/c1-5-12-7-8(10)6-9(2,3)11-4/h5-7H2,1-4H3. The van der Waals surface area contributed by atoms with E-state index in [1.54, 1.807) is 7.11 Å². The van der Waals surface area contributed by atoms with Crippen molar-refractivity contribution in [3.63, 3.8) is 0 Å². The summed E-state index contributed by atoms with van der Waals surface area (Å²) in [6.07, 6.45) is 0.406. The Hall–Kier alpha value is -0.410. The highest BCUT2D eigenvalue weighted by atomic mass is 16.5. The summed E-state index contributed by atoms with van der Waals surface area (Å²) in [6.45, 7) is 6.42. The van der Waals surface area contributed by atoms with Crippen molar-refractivity contribution in [1.82, 2.24) is 0 Å². The van der Waals surface area contributed by atoms with Gasteiger partial charge in [0, 0.05) is 20.1 Å². The van der Waals surface area contributed by atoms with Crippen LogP contribution in [0, 0.1) is 0 Å². The van der Waals surface area contributed by atoms with Crippen LogP contribution in [0.2, 0.25) is 0 Å². The smallest absolute Gasteiger partial charge is 0.161 e. The van der Waals surface area contributed by atoms with Gasteiger partial charge in [0.05, 0.1) is 5.60 Å². The molecule has 0 unspecified atom stereocenters. The van der Waals surface area contributed by atoms with E-state index in [0.29, 0.717) is 13.0 Å². The Morgan fingerprint density at radius 3 is 2.42 bits per heavy atom. The molecule has 0 rings (SSSR count). The maximum atomic E-state index is 11.2. The van der Waals surface area contributed by atoms with Gasteiger partial charge >= 0.3 is 0 Å². The normalized spacial score (nSPS) is 11.7. The lowest BCUT2D eigenvalue weighted by Gasteiger charge is -2.21. The van der Waals surface area contributed by atoms with Crippen LogP contribution in [-0.4, -0.2) is 31.7 Å². The summed E-state index contributed by atoms with van der Waals surface area (Å²) in [4.78, 5) is 11.2. The summed E-state index contributed by atoms with van der Waals surface area (Å²) in [5.41, 5.74) is -0.367. The minimum absolute atomic E-state index is 0.0868. The van der Waals surface area contributed by atoms with Gasteiger partial charge in [-0.3, -0.25) is 4.79 Å². The van der Waals surface area contributed by atoms with Gasteiger partial charge < -0.3 is 9.47 Å². The molecular weight excluding hydrogens is 156 g/mol. The molecule has 12 heavy (non-hydrogen) atoms. The third kappa shape index (κ3) is 5.27. The number of hydrogen-bond donors (Lipinski definition) is 0. The molecule has 0 bridgehead atoms. The highest BCUT2D eigenvalue weighted by molar-refractivity contribution is 5.80. The first-order chi connectivity index (χ1) is 5.52. The first-order valence-corrected chi connectivity index (χ1v) is 4.16. The second-order valence-electron chi connectivity index (χ2n) is 3.32. The van der Waals surface area contributed by atoms with E-state index in [0.717, 1.165) is 0 Å². The van der Waals surface area contributed by atoms with Crippen molar-refractivity contribution in [1.29, 1.82) is 0 Å². The van der Waals surface area contributed by atoms with E-state index in [1.807, 2.05) is 20.8 Å². The van der Waals surface area contributed by atoms with Crippen LogP contribution in [0.15, 0.2) is 0 Å². The third-order valence-electron chi connectivity index (χ3n) is 1.64. The summed E-state index contributed by atoms with van der Waals surface area (Å²) in [5.74, 6) is 0.0868. The molecule has 0 amide bonds. The molecule has 0 aromatic heterocycles. The Morgan fingerprint density at radius 2 is 2.00 bits per heavy atom. The number of ether oxygens (including phenoxy) is 2. The first-order valence-electron chi connectivity index (χ1n) is 4.16. The molecule has 0 aliphatic rings. The van der Waals surface area contributed by atoms with Gasteiger partial charge in [0.25, 0.3) is 0 Å². The van der Waals surface area contributed by atoms with Gasteiger partial charge in [0.1, 0.15) is 6.61 Å². The molecule has 0 atom stereocenters. The quantitative estimate of drug-likeness (QED) is 0.610. The Kier molecular flexibility index (Phi) is 5.09. The van der Waals surface area contributed by atoms with Crippen molar-refractivity contribution in [2.24, 2.45) is 0 Å². The van der Waals surface area contributed by atoms with E-state index in [2.05, 4.69) is 0 Å². The van der Waals surface area contributed by atoms with E-state index in [9.17, 15) is 4.79 Å². The zero-order valence-corrected chi connectivity index (χ0v) is 8.35. The monoisotopic (exact) mass is 174 g/mol. The molecule has 0 heterocycles. The molecule has 0 fully saturated rings. The predicted octanol–water partition coefficient (Wildman–Crippen LogP) is 1.41. The topological polar surface area (TPSA) is 35.5 Å². The fourth-order valence-corrected chi connectivity index (χ4v) is 0.814. The van der Waals surface area contributed by atoms with Crippen LogP contribution in [0.4, 0.5) is 0 Å². The fourth-order valence-electron chi connectivity index (χ4n) is 0.814. The minimum atomic E-state index is -0.367. The average molecular weight is 174 g/mol. The molecule has 0 aromatic carbocycles. The van der Waals surface area contributed by atoms with Crippen molar-refractivity contribution >= 4 is 5.78 Å². The van der Waals surface area contributed by atoms with Crippen LogP contribution in [0.5, 0.6) is 0 Å². The Morgan fingerprint density at radius 1 is 1.42 bits per heavy atom. The summed E-state index contributed by atoms with van der Waals surface area (Å²) >= 11 is 0. The van der Waals surface area contributed by atoms with Crippen LogP contribution in [0.25, 0.3) is 0 Å². The molecule has 0 spiro atoms. The number of hydrogen-bond acceptors (Lipinski definition) is 3. The summed E-state index contributed by atoms with van der Waals surface area (Å²) in [6, 6.07) is 0. The van der Waals surface area contributed by atoms with Gasteiger partial charge in [0.2, 0.25) is 0 Å². The molecule has 0 aliphatic carbocycles. The molecular formula is C9H18O3. The summed E-state index contributed by atoms with van der Waals surface area (Å²) in [7, 11) is 1.61. The van der Waals surface area contributed by atoms with Crippen LogP contribution in [0.1, 0.15) is 27.2 Å². The van der Waals surface area contributed by atoms with E-state index in [-0.39, 0.29) is 18.0 Å². The minimum Gasteiger partial charge on any atom is -0.378 e. The number of ketones is 1. The van der Waals surface area contributed by atoms with Crippen molar-refractivity contribution in [2.75, 3.05) is 20.3 Å². The molecule has 0 saturated carbocycles. The Balaban J connectivity index is 3.68. The Bertz CT molecular complexity index is 141. The Labute approximate surface area is 74.0 Å². The second-order valence-corrected chi connectivity index (χ2v) is 3.32. The zero-order chi connectivity index (χ0) is 9.61. The summed E-state index contributed by atoms with van der Waals surface area (Å²) < 4.78 is 10.1. The van der Waals surface area contributed by atoms with Gasteiger partial charge in [-0.1, -0.05) is 0 Å². The molecule has 0 N–H and O–H groups in total. The van der Waals surface area contributed by atoms with E-state index >= 15 is 0 Å². The average Bonchev–Trinajstić information content (AvgIpc) is 2.00. The lowest BCUT2D eigenvalue weighted by Crippen LogP contribution is -2.28. The molecule has 3 nitrogen and oxygen atoms in total. The third-order valence-corrected chi connectivity index (χ3v) is 1.64. The number of carbonyl (C=O) groups excluding carboxylic acids is 1. The van der Waals surface area contributed by atoms with Gasteiger partial charge in [-0.05, 0) is 20.8 Å².